The number of nitro groups is 1. The fraction of sp³-hybridized carbons (Fsp3) is 0.238. The highest BCUT2D eigenvalue weighted by molar-refractivity contribution is 7.89. The van der Waals surface area contributed by atoms with Gasteiger partial charge < -0.3 is 4.90 Å². The Morgan fingerprint density at radius 1 is 1.06 bits per heavy atom. The van der Waals surface area contributed by atoms with Gasteiger partial charge in [0.15, 0.2) is 0 Å². The number of hydrogen-bond donors (Lipinski definition) is 1. The summed E-state index contributed by atoms with van der Waals surface area (Å²) in [6, 6.07) is 15.8. The van der Waals surface area contributed by atoms with Crippen LogP contribution >= 0.6 is 22.9 Å². The van der Waals surface area contributed by atoms with E-state index in [1.54, 1.807) is 11.3 Å². The Hall–Kier alpha value is -2.50. The number of hydrogen-bond acceptors (Lipinski definition) is 7. The molecule has 32 heavy (non-hydrogen) atoms. The van der Waals surface area contributed by atoms with E-state index in [4.69, 9.17) is 16.7 Å². The van der Waals surface area contributed by atoms with Crippen molar-refractivity contribution in [3.8, 4) is 10.4 Å². The van der Waals surface area contributed by atoms with Crippen LogP contribution in [0.2, 0.25) is 5.02 Å². The van der Waals surface area contributed by atoms with Crippen molar-refractivity contribution in [1.82, 2.24) is 4.90 Å². The molecule has 8 nitrogen and oxygen atoms in total. The lowest BCUT2D eigenvalue weighted by molar-refractivity contribution is -0.385. The second-order valence-electron chi connectivity index (χ2n) is 7.49. The Balaban J connectivity index is 1.44. The number of halogens is 1. The number of nitrogens with zero attached hydrogens (tertiary/aromatic N) is 3. The van der Waals surface area contributed by atoms with Gasteiger partial charge in [-0.1, -0.05) is 23.7 Å². The SMILES string of the molecule is NS(=O)(=O)c1cc([N+](=O)[O-])ccc1N1CCN(Cc2ccc(-c3cccc(Cl)c3)s2)CC1. The average molecular weight is 493 g/mol. The van der Waals surface area contributed by atoms with Crippen molar-refractivity contribution >= 4 is 44.3 Å². The molecule has 4 rings (SSSR count). The van der Waals surface area contributed by atoms with E-state index in [1.807, 2.05) is 29.2 Å². The molecule has 0 unspecified atom stereocenters. The smallest absolute Gasteiger partial charge is 0.270 e. The van der Waals surface area contributed by atoms with Gasteiger partial charge in [-0.05, 0) is 35.9 Å². The molecule has 1 fully saturated rings. The summed E-state index contributed by atoms with van der Waals surface area (Å²) in [5.41, 5.74) is 1.19. The maximum Gasteiger partial charge on any atom is 0.270 e. The van der Waals surface area contributed by atoms with Crippen LogP contribution in [0.4, 0.5) is 11.4 Å². The summed E-state index contributed by atoms with van der Waals surface area (Å²) in [4.78, 5) is 16.8. The predicted molar refractivity (Wildman–Crippen MR) is 127 cm³/mol. The highest BCUT2D eigenvalue weighted by atomic mass is 35.5. The molecule has 1 aliphatic heterocycles. The molecular weight excluding hydrogens is 472 g/mol. The molecule has 2 aromatic carbocycles. The van der Waals surface area contributed by atoms with Crippen LogP contribution in [0.1, 0.15) is 4.88 Å². The number of anilines is 1. The first-order valence-electron chi connectivity index (χ1n) is 9.84. The summed E-state index contributed by atoms with van der Waals surface area (Å²) in [5.74, 6) is 0. The molecule has 0 spiro atoms. The minimum atomic E-state index is -4.10. The highest BCUT2D eigenvalue weighted by Crippen LogP contribution is 2.32. The average Bonchev–Trinajstić information content (AvgIpc) is 3.22. The number of thiophene rings is 1. The van der Waals surface area contributed by atoms with Crippen molar-refractivity contribution in [2.45, 2.75) is 11.4 Å². The van der Waals surface area contributed by atoms with E-state index in [0.717, 1.165) is 36.1 Å². The van der Waals surface area contributed by atoms with Gasteiger partial charge in [-0.3, -0.25) is 15.0 Å². The molecule has 3 aromatic rings. The topological polar surface area (TPSA) is 110 Å². The van der Waals surface area contributed by atoms with E-state index < -0.39 is 14.9 Å². The zero-order valence-electron chi connectivity index (χ0n) is 17.0. The molecule has 1 saturated heterocycles. The normalized spacial score (nSPS) is 15.1. The molecular formula is C21H21ClN4O4S2. The summed E-state index contributed by atoms with van der Waals surface area (Å²) < 4.78 is 24.1. The fourth-order valence-electron chi connectivity index (χ4n) is 3.73. The zero-order valence-corrected chi connectivity index (χ0v) is 19.4. The third-order valence-corrected chi connectivity index (χ3v) is 7.62. The van der Waals surface area contributed by atoms with Gasteiger partial charge in [0.1, 0.15) is 4.90 Å². The molecule has 2 heterocycles. The van der Waals surface area contributed by atoms with E-state index >= 15 is 0 Å². The molecule has 1 aromatic heterocycles. The summed E-state index contributed by atoms with van der Waals surface area (Å²) >= 11 is 7.82. The Labute approximate surface area is 195 Å². The van der Waals surface area contributed by atoms with Gasteiger partial charge in [-0.15, -0.1) is 11.3 Å². The second kappa shape index (κ2) is 9.16. The summed E-state index contributed by atoms with van der Waals surface area (Å²) in [7, 11) is -4.10. The lowest BCUT2D eigenvalue weighted by Gasteiger charge is -2.36. The molecule has 1 aliphatic rings. The maximum atomic E-state index is 12.0. The zero-order chi connectivity index (χ0) is 22.9. The van der Waals surface area contributed by atoms with Crippen molar-refractivity contribution in [1.29, 1.82) is 0 Å². The highest BCUT2D eigenvalue weighted by Gasteiger charge is 2.25. The number of sulfonamides is 1. The predicted octanol–water partition coefficient (Wildman–Crippen LogP) is 3.95. The van der Waals surface area contributed by atoms with E-state index in [0.29, 0.717) is 23.8 Å². The molecule has 0 saturated carbocycles. The Kier molecular flexibility index (Phi) is 6.50. The van der Waals surface area contributed by atoms with Crippen LogP contribution < -0.4 is 10.0 Å². The lowest BCUT2D eigenvalue weighted by Crippen LogP contribution is -2.46. The molecule has 168 valence electrons. The van der Waals surface area contributed by atoms with Crippen molar-refractivity contribution in [3.63, 3.8) is 0 Å². The van der Waals surface area contributed by atoms with Crippen LogP contribution in [-0.4, -0.2) is 44.4 Å². The quantitative estimate of drug-likeness (QED) is 0.412. The van der Waals surface area contributed by atoms with Crippen molar-refractivity contribution < 1.29 is 13.3 Å². The van der Waals surface area contributed by atoms with Gasteiger partial charge in [0.2, 0.25) is 10.0 Å². The Bertz CT molecular complexity index is 1250. The number of benzene rings is 2. The maximum absolute atomic E-state index is 12.0. The first-order chi connectivity index (χ1) is 15.2. The van der Waals surface area contributed by atoms with Crippen LogP contribution in [0.25, 0.3) is 10.4 Å². The Morgan fingerprint density at radius 2 is 1.81 bits per heavy atom. The van der Waals surface area contributed by atoms with Crippen LogP contribution in [-0.2, 0) is 16.6 Å². The number of non-ortho nitro benzene ring substituents is 1. The van der Waals surface area contributed by atoms with Crippen LogP contribution in [0, 0.1) is 10.1 Å². The molecule has 0 amide bonds. The monoisotopic (exact) mass is 492 g/mol. The van der Waals surface area contributed by atoms with Gasteiger partial charge >= 0.3 is 0 Å². The Morgan fingerprint density at radius 3 is 2.47 bits per heavy atom. The number of primary sulfonamides is 1. The third kappa shape index (κ3) is 5.11. The van der Waals surface area contributed by atoms with Crippen LogP contribution in [0.5, 0.6) is 0 Å². The standard InChI is InChI=1S/C21H21ClN4O4S2/c22-16-3-1-2-15(12-16)20-7-5-18(31-20)14-24-8-10-25(11-9-24)19-6-4-17(26(27)28)13-21(19)32(23,29)30/h1-7,12-13H,8-11,14H2,(H2,23,29,30). The van der Waals surface area contributed by atoms with Gasteiger partial charge in [-0.2, -0.15) is 0 Å². The second-order valence-corrected chi connectivity index (χ2v) is 10.6. The van der Waals surface area contributed by atoms with Gasteiger partial charge in [0.25, 0.3) is 5.69 Å². The van der Waals surface area contributed by atoms with E-state index in [1.165, 1.54) is 17.0 Å². The third-order valence-electron chi connectivity index (χ3n) is 5.32. The van der Waals surface area contributed by atoms with E-state index in [-0.39, 0.29) is 10.6 Å². The minimum absolute atomic E-state index is 0.218. The summed E-state index contributed by atoms with van der Waals surface area (Å²) in [6.45, 7) is 3.43. The summed E-state index contributed by atoms with van der Waals surface area (Å²) in [6.07, 6.45) is 0. The molecule has 0 bridgehead atoms. The van der Waals surface area contributed by atoms with E-state index in [2.05, 4.69) is 17.0 Å². The largest absolute Gasteiger partial charge is 0.368 e. The minimum Gasteiger partial charge on any atom is -0.368 e. The molecule has 11 heteroatoms. The van der Waals surface area contributed by atoms with Crippen molar-refractivity contribution in [2.24, 2.45) is 5.14 Å². The fourth-order valence-corrected chi connectivity index (χ4v) is 5.74. The first kappa shape index (κ1) is 22.7. The number of nitro benzene ring substituents is 1. The number of rotatable bonds is 6. The molecule has 0 atom stereocenters. The van der Waals surface area contributed by atoms with Crippen molar-refractivity contribution in [3.05, 3.63) is 74.6 Å². The van der Waals surface area contributed by atoms with Gasteiger partial charge in [0, 0.05) is 59.6 Å². The molecule has 0 radical (unpaired) electrons. The lowest BCUT2D eigenvalue weighted by atomic mass is 10.2. The molecule has 0 aliphatic carbocycles. The van der Waals surface area contributed by atoms with Crippen LogP contribution in [0.15, 0.2) is 59.5 Å². The van der Waals surface area contributed by atoms with Gasteiger partial charge in [-0.25, -0.2) is 13.6 Å². The van der Waals surface area contributed by atoms with Gasteiger partial charge in [0.05, 0.1) is 10.6 Å². The number of nitrogens with two attached hydrogens (primary N) is 1. The first-order valence-corrected chi connectivity index (χ1v) is 12.6. The van der Waals surface area contributed by atoms with E-state index in [9.17, 15) is 18.5 Å². The molecule has 2 N–H and O–H groups in total. The number of piperazine rings is 1. The van der Waals surface area contributed by atoms with Crippen LogP contribution in [0.3, 0.4) is 0 Å². The summed E-state index contributed by atoms with van der Waals surface area (Å²) in [5, 5.41) is 17.1. The van der Waals surface area contributed by atoms with Crippen molar-refractivity contribution in [2.75, 3.05) is 31.1 Å².